The molecular weight excluding hydrogens is 260 g/mol. The number of hydrogen-bond acceptors (Lipinski definition) is 4. The second kappa shape index (κ2) is 7.58. The first-order chi connectivity index (χ1) is 10.1. The van der Waals surface area contributed by atoms with Crippen LogP contribution in [-0.4, -0.2) is 60.1 Å². The van der Waals surface area contributed by atoms with E-state index in [9.17, 15) is 5.26 Å². The number of hydrogen-bond donors (Lipinski definition) is 1. The van der Waals surface area contributed by atoms with Crippen molar-refractivity contribution in [3.63, 3.8) is 0 Å². The minimum absolute atomic E-state index is 0.274. The Morgan fingerprint density at radius 3 is 2.76 bits per heavy atom. The highest BCUT2D eigenvalue weighted by Crippen LogP contribution is 2.32. The summed E-state index contributed by atoms with van der Waals surface area (Å²) in [6.07, 6.45) is 5.56. The van der Waals surface area contributed by atoms with E-state index in [1.165, 1.54) is 19.4 Å². The molecule has 0 bridgehead atoms. The molecule has 0 aromatic rings. The van der Waals surface area contributed by atoms with Gasteiger partial charge in [-0.05, 0) is 52.1 Å². The SMILES string of the molecule is CCCNC1(C#N)CCCC(N2CCN(CC)C(C)C2)C1. The summed E-state index contributed by atoms with van der Waals surface area (Å²) < 4.78 is 0. The van der Waals surface area contributed by atoms with Crippen molar-refractivity contribution < 1.29 is 0 Å². The van der Waals surface area contributed by atoms with Crippen LogP contribution in [0.15, 0.2) is 0 Å². The Hall–Kier alpha value is -0.630. The Morgan fingerprint density at radius 1 is 1.33 bits per heavy atom. The number of likely N-dealkylation sites (N-methyl/N-ethyl adjacent to an activating group) is 1. The lowest BCUT2D eigenvalue weighted by atomic mass is 9.79. The van der Waals surface area contributed by atoms with Crippen LogP contribution in [0, 0.1) is 11.3 Å². The van der Waals surface area contributed by atoms with Gasteiger partial charge in [0.1, 0.15) is 5.54 Å². The molecule has 1 saturated carbocycles. The smallest absolute Gasteiger partial charge is 0.108 e. The monoisotopic (exact) mass is 292 g/mol. The molecule has 4 heteroatoms. The highest BCUT2D eigenvalue weighted by Gasteiger charge is 2.39. The Bertz CT molecular complexity index is 364. The predicted octanol–water partition coefficient (Wildman–Crippen LogP) is 2.22. The molecule has 1 saturated heterocycles. The van der Waals surface area contributed by atoms with E-state index >= 15 is 0 Å². The molecule has 1 heterocycles. The molecule has 4 nitrogen and oxygen atoms in total. The van der Waals surface area contributed by atoms with Crippen LogP contribution in [0.5, 0.6) is 0 Å². The van der Waals surface area contributed by atoms with Crippen LogP contribution in [0.4, 0.5) is 0 Å². The molecule has 2 aliphatic rings. The van der Waals surface area contributed by atoms with E-state index in [1.54, 1.807) is 0 Å². The lowest BCUT2D eigenvalue weighted by Crippen LogP contribution is -2.58. The highest BCUT2D eigenvalue weighted by molar-refractivity contribution is 5.11. The maximum Gasteiger partial charge on any atom is 0.108 e. The highest BCUT2D eigenvalue weighted by atomic mass is 15.3. The number of nitriles is 1. The van der Waals surface area contributed by atoms with Crippen LogP contribution < -0.4 is 5.32 Å². The van der Waals surface area contributed by atoms with Crippen molar-refractivity contribution in [3.05, 3.63) is 0 Å². The average Bonchev–Trinajstić information content (AvgIpc) is 2.53. The second-order valence-corrected chi connectivity index (χ2v) is 6.84. The van der Waals surface area contributed by atoms with E-state index in [1.807, 2.05) is 0 Å². The zero-order valence-corrected chi connectivity index (χ0v) is 14.1. The normalized spacial score (nSPS) is 35.5. The van der Waals surface area contributed by atoms with Gasteiger partial charge in [0.15, 0.2) is 0 Å². The second-order valence-electron chi connectivity index (χ2n) is 6.84. The Kier molecular flexibility index (Phi) is 6.04. The third kappa shape index (κ3) is 3.97. The van der Waals surface area contributed by atoms with Crippen molar-refractivity contribution >= 4 is 0 Å². The summed E-state index contributed by atoms with van der Waals surface area (Å²) in [5.74, 6) is 0. The molecule has 21 heavy (non-hydrogen) atoms. The third-order valence-electron chi connectivity index (χ3n) is 5.37. The molecule has 2 rings (SSSR count). The predicted molar refractivity (Wildman–Crippen MR) is 87.2 cm³/mol. The molecule has 0 aromatic heterocycles. The van der Waals surface area contributed by atoms with Gasteiger partial charge in [-0.3, -0.25) is 15.1 Å². The van der Waals surface area contributed by atoms with Gasteiger partial charge in [-0.1, -0.05) is 13.8 Å². The summed E-state index contributed by atoms with van der Waals surface area (Å²) in [6.45, 7) is 12.4. The van der Waals surface area contributed by atoms with Gasteiger partial charge in [0.25, 0.3) is 0 Å². The van der Waals surface area contributed by atoms with E-state index < -0.39 is 0 Å². The van der Waals surface area contributed by atoms with E-state index in [4.69, 9.17) is 0 Å². The van der Waals surface area contributed by atoms with Crippen LogP contribution in [0.2, 0.25) is 0 Å². The van der Waals surface area contributed by atoms with Gasteiger partial charge >= 0.3 is 0 Å². The molecule has 3 unspecified atom stereocenters. The van der Waals surface area contributed by atoms with Gasteiger partial charge in [-0.15, -0.1) is 0 Å². The Morgan fingerprint density at radius 2 is 2.14 bits per heavy atom. The molecule has 3 atom stereocenters. The van der Waals surface area contributed by atoms with Crippen molar-refractivity contribution in [2.24, 2.45) is 0 Å². The zero-order valence-electron chi connectivity index (χ0n) is 14.1. The first-order valence-electron chi connectivity index (χ1n) is 8.78. The molecule has 0 radical (unpaired) electrons. The Labute approximate surface area is 130 Å². The fourth-order valence-corrected chi connectivity index (χ4v) is 4.05. The first kappa shape index (κ1) is 16.7. The van der Waals surface area contributed by atoms with E-state index in [-0.39, 0.29) is 5.54 Å². The van der Waals surface area contributed by atoms with Gasteiger partial charge in [0, 0.05) is 31.7 Å². The first-order valence-corrected chi connectivity index (χ1v) is 8.78. The van der Waals surface area contributed by atoms with Gasteiger partial charge in [-0.2, -0.15) is 5.26 Å². The topological polar surface area (TPSA) is 42.3 Å². The number of piperazine rings is 1. The van der Waals surface area contributed by atoms with Gasteiger partial charge in [-0.25, -0.2) is 0 Å². The van der Waals surface area contributed by atoms with Gasteiger partial charge in [0.2, 0.25) is 0 Å². The third-order valence-corrected chi connectivity index (χ3v) is 5.37. The maximum atomic E-state index is 9.68. The minimum atomic E-state index is -0.274. The fraction of sp³-hybridized carbons (Fsp3) is 0.941. The molecule has 1 aliphatic carbocycles. The molecule has 0 spiro atoms. The van der Waals surface area contributed by atoms with Gasteiger partial charge in [0.05, 0.1) is 6.07 Å². The lowest BCUT2D eigenvalue weighted by molar-refractivity contribution is 0.0349. The van der Waals surface area contributed by atoms with Crippen molar-refractivity contribution in [2.75, 3.05) is 32.7 Å². The number of rotatable bonds is 5. The summed E-state index contributed by atoms with van der Waals surface area (Å²) in [7, 11) is 0. The molecule has 2 fully saturated rings. The largest absolute Gasteiger partial charge is 0.299 e. The summed E-state index contributed by atoms with van der Waals surface area (Å²) in [4.78, 5) is 5.21. The molecule has 120 valence electrons. The molecule has 0 amide bonds. The molecule has 0 aromatic carbocycles. The van der Waals surface area contributed by atoms with Crippen molar-refractivity contribution in [1.82, 2.24) is 15.1 Å². The Balaban J connectivity index is 1.96. The fourth-order valence-electron chi connectivity index (χ4n) is 4.05. The minimum Gasteiger partial charge on any atom is -0.299 e. The van der Waals surface area contributed by atoms with Crippen LogP contribution in [0.25, 0.3) is 0 Å². The summed E-state index contributed by atoms with van der Waals surface area (Å²) >= 11 is 0. The van der Waals surface area contributed by atoms with Crippen molar-refractivity contribution in [2.45, 2.75) is 70.5 Å². The van der Waals surface area contributed by atoms with E-state index in [2.05, 4.69) is 42.0 Å². The average molecular weight is 292 g/mol. The standard InChI is InChI=1S/C17H32N4/c1-4-9-19-17(14-18)8-6-7-16(12-17)21-11-10-20(5-2)15(3)13-21/h15-16,19H,4-13H2,1-3H3. The quantitative estimate of drug-likeness (QED) is 0.844. The van der Waals surface area contributed by atoms with Crippen molar-refractivity contribution in [3.8, 4) is 6.07 Å². The summed E-state index contributed by atoms with van der Waals surface area (Å²) in [5.41, 5.74) is -0.274. The lowest BCUT2D eigenvalue weighted by Gasteiger charge is -2.47. The zero-order chi connectivity index (χ0) is 15.3. The van der Waals surface area contributed by atoms with E-state index in [0.717, 1.165) is 45.4 Å². The number of nitrogens with one attached hydrogen (secondary N) is 1. The van der Waals surface area contributed by atoms with Crippen LogP contribution in [0.3, 0.4) is 0 Å². The summed E-state index contributed by atoms with van der Waals surface area (Å²) in [5, 5.41) is 13.2. The van der Waals surface area contributed by atoms with Gasteiger partial charge < -0.3 is 0 Å². The molecule has 1 N–H and O–H groups in total. The van der Waals surface area contributed by atoms with Crippen LogP contribution in [-0.2, 0) is 0 Å². The van der Waals surface area contributed by atoms with Crippen LogP contribution in [0.1, 0.15) is 52.9 Å². The van der Waals surface area contributed by atoms with E-state index in [0.29, 0.717) is 12.1 Å². The van der Waals surface area contributed by atoms with Crippen molar-refractivity contribution in [1.29, 1.82) is 5.26 Å². The number of nitrogens with zero attached hydrogens (tertiary/aromatic N) is 3. The molecule has 1 aliphatic heterocycles. The van der Waals surface area contributed by atoms with Crippen LogP contribution >= 0.6 is 0 Å². The maximum absolute atomic E-state index is 9.68. The molecular formula is C17H32N4. The summed E-state index contributed by atoms with van der Waals surface area (Å²) in [6, 6.07) is 3.84.